The molecule has 0 aliphatic heterocycles. The lowest BCUT2D eigenvalue weighted by Crippen LogP contribution is -2.45. The van der Waals surface area contributed by atoms with E-state index in [1.54, 1.807) is 31.2 Å². The van der Waals surface area contributed by atoms with E-state index < -0.39 is 22.0 Å². The largest absolute Gasteiger partial charge is 0.324 e. The van der Waals surface area contributed by atoms with Crippen LogP contribution in [0.15, 0.2) is 48.5 Å². The first-order valence-electron chi connectivity index (χ1n) is 8.25. The van der Waals surface area contributed by atoms with Crippen LogP contribution in [-0.4, -0.2) is 26.6 Å². The molecule has 0 aliphatic rings. The second kappa shape index (κ2) is 8.10. The van der Waals surface area contributed by atoms with Gasteiger partial charge in [-0.2, -0.15) is 0 Å². The number of carbonyl (C=O) groups excluding carboxylic acids is 1. The summed E-state index contributed by atoms with van der Waals surface area (Å²) < 4.78 is 25.6. The topological polar surface area (TPSA) is 66.5 Å². The van der Waals surface area contributed by atoms with Gasteiger partial charge in [-0.1, -0.05) is 37.6 Å². The lowest BCUT2D eigenvalue weighted by atomic mass is 10.0. The highest BCUT2D eigenvalue weighted by Crippen LogP contribution is 2.24. The monoisotopic (exact) mass is 394 g/mol. The maximum Gasteiger partial charge on any atom is 0.247 e. The zero-order valence-corrected chi connectivity index (χ0v) is 16.8. The summed E-state index contributed by atoms with van der Waals surface area (Å²) in [5, 5.41) is 3.26. The molecular weight excluding hydrogens is 372 g/mol. The molecule has 5 nitrogen and oxygen atoms in total. The van der Waals surface area contributed by atoms with Crippen molar-refractivity contribution in [2.75, 3.05) is 15.9 Å². The zero-order chi connectivity index (χ0) is 19.5. The molecule has 2 aromatic carbocycles. The van der Waals surface area contributed by atoms with Crippen LogP contribution >= 0.6 is 11.6 Å². The molecule has 0 aromatic heterocycles. The van der Waals surface area contributed by atoms with Crippen LogP contribution in [0, 0.1) is 0 Å². The van der Waals surface area contributed by atoms with E-state index in [1.807, 2.05) is 24.3 Å². The number of hydrogen-bond donors (Lipinski definition) is 1. The Morgan fingerprint density at radius 2 is 1.54 bits per heavy atom. The van der Waals surface area contributed by atoms with Crippen molar-refractivity contribution in [2.45, 2.75) is 32.7 Å². The first-order valence-corrected chi connectivity index (χ1v) is 10.5. The number of halogens is 1. The van der Waals surface area contributed by atoms with Gasteiger partial charge in [0.05, 0.1) is 11.9 Å². The molecule has 2 aromatic rings. The Morgan fingerprint density at radius 3 is 2.00 bits per heavy atom. The fraction of sp³-hybridized carbons (Fsp3) is 0.316. The van der Waals surface area contributed by atoms with E-state index in [4.69, 9.17) is 11.6 Å². The molecule has 1 N–H and O–H groups in total. The number of carbonyl (C=O) groups is 1. The normalized spacial score (nSPS) is 12.7. The summed E-state index contributed by atoms with van der Waals surface area (Å²) in [6, 6.07) is 12.9. The number of rotatable bonds is 6. The van der Waals surface area contributed by atoms with Gasteiger partial charge in [0.2, 0.25) is 15.9 Å². The summed E-state index contributed by atoms with van der Waals surface area (Å²) >= 11 is 5.87. The molecule has 7 heteroatoms. The Labute approximate surface area is 160 Å². The molecule has 0 radical (unpaired) electrons. The van der Waals surface area contributed by atoms with Gasteiger partial charge in [0.25, 0.3) is 0 Å². The third-order valence-electron chi connectivity index (χ3n) is 4.01. The van der Waals surface area contributed by atoms with E-state index in [9.17, 15) is 13.2 Å². The Balaban J connectivity index is 2.23. The molecule has 140 valence electrons. The number of sulfonamides is 1. The number of hydrogen-bond acceptors (Lipinski definition) is 3. The van der Waals surface area contributed by atoms with Crippen LogP contribution in [-0.2, 0) is 14.8 Å². The molecule has 0 aliphatic carbocycles. The SMILES string of the molecule is CC(C)c1ccc(NC(=O)[C@H](C)N(c2ccc(Cl)cc2)S(C)(=O)=O)cc1. The second-order valence-electron chi connectivity index (χ2n) is 6.48. The Hall–Kier alpha value is -2.05. The minimum Gasteiger partial charge on any atom is -0.324 e. The van der Waals surface area contributed by atoms with Gasteiger partial charge < -0.3 is 5.32 Å². The number of anilines is 2. The number of amides is 1. The molecule has 0 unspecified atom stereocenters. The highest BCUT2D eigenvalue weighted by atomic mass is 35.5. The lowest BCUT2D eigenvalue weighted by Gasteiger charge is -2.28. The van der Waals surface area contributed by atoms with Gasteiger partial charge in [-0.3, -0.25) is 9.10 Å². The van der Waals surface area contributed by atoms with E-state index in [-0.39, 0.29) is 0 Å². The van der Waals surface area contributed by atoms with Crippen molar-refractivity contribution in [1.29, 1.82) is 0 Å². The zero-order valence-electron chi connectivity index (χ0n) is 15.2. The van der Waals surface area contributed by atoms with Crippen molar-refractivity contribution in [2.24, 2.45) is 0 Å². The van der Waals surface area contributed by atoms with Crippen molar-refractivity contribution in [1.82, 2.24) is 0 Å². The number of nitrogens with zero attached hydrogens (tertiary/aromatic N) is 1. The van der Waals surface area contributed by atoms with Crippen molar-refractivity contribution in [3.8, 4) is 0 Å². The van der Waals surface area contributed by atoms with Crippen molar-refractivity contribution >= 4 is 38.9 Å². The summed E-state index contributed by atoms with van der Waals surface area (Å²) in [6.07, 6.45) is 1.07. The smallest absolute Gasteiger partial charge is 0.247 e. The molecular formula is C19H23ClN2O3S. The Bertz CT molecular complexity index is 863. The Morgan fingerprint density at radius 1 is 1.00 bits per heavy atom. The van der Waals surface area contributed by atoms with Crippen molar-refractivity contribution < 1.29 is 13.2 Å². The quantitative estimate of drug-likeness (QED) is 0.796. The van der Waals surface area contributed by atoms with E-state index in [1.165, 1.54) is 0 Å². The van der Waals surface area contributed by atoms with Gasteiger partial charge in [0.15, 0.2) is 0 Å². The van der Waals surface area contributed by atoms with Crippen LogP contribution in [0.1, 0.15) is 32.3 Å². The minimum atomic E-state index is -3.66. The predicted molar refractivity (Wildman–Crippen MR) is 107 cm³/mol. The van der Waals surface area contributed by atoms with Gasteiger partial charge in [-0.25, -0.2) is 8.42 Å². The van der Waals surface area contributed by atoms with Crippen molar-refractivity contribution in [3.05, 3.63) is 59.1 Å². The van der Waals surface area contributed by atoms with Gasteiger partial charge >= 0.3 is 0 Å². The highest BCUT2D eigenvalue weighted by Gasteiger charge is 2.29. The third kappa shape index (κ3) is 4.99. The van der Waals surface area contributed by atoms with Gasteiger partial charge in [-0.05, 0) is 54.8 Å². The molecule has 0 saturated carbocycles. The maximum atomic E-state index is 12.6. The molecule has 0 fully saturated rings. The average molecular weight is 395 g/mol. The third-order valence-corrected chi connectivity index (χ3v) is 5.51. The molecule has 1 amide bonds. The average Bonchev–Trinajstić information content (AvgIpc) is 2.56. The summed E-state index contributed by atoms with van der Waals surface area (Å²) in [4.78, 5) is 12.6. The summed E-state index contributed by atoms with van der Waals surface area (Å²) in [6.45, 7) is 5.73. The fourth-order valence-corrected chi connectivity index (χ4v) is 3.90. The van der Waals surface area contributed by atoms with E-state index in [2.05, 4.69) is 19.2 Å². The van der Waals surface area contributed by atoms with Crippen LogP contribution in [0.25, 0.3) is 0 Å². The molecule has 0 spiro atoms. The fourth-order valence-electron chi connectivity index (χ4n) is 2.59. The first-order chi connectivity index (χ1) is 12.1. The van der Waals surface area contributed by atoms with Crippen LogP contribution < -0.4 is 9.62 Å². The van der Waals surface area contributed by atoms with E-state index in [0.29, 0.717) is 22.3 Å². The molecule has 1 atom stereocenters. The Kier molecular flexibility index (Phi) is 6.31. The summed E-state index contributed by atoms with van der Waals surface area (Å²) in [5.41, 5.74) is 2.17. The van der Waals surface area contributed by atoms with E-state index in [0.717, 1.165) is 16.1 Å². The second-order valence-corrected chi connectivity index (χ2v) is 8.77. The molecule has 26 heavy (non-hydrogen) atoms. The lowest BCUT2D eigenvalue weighted by molar-refractivity contribution is -0.116. The van der Waals surface area contributed by atoms with Gasteiger partial charge in [0.1, 0.15) is 6.04 Å². The van der Waals surface area contributed by atoms with Crippen molar-refractivity contribution in [3.63, 3.8) is 0 Å². The molecule has 2 rings (SSSR count). The maximum absolute atomic E-state index is 12.6. The predicted octanol–water partition coefficient (Wildman–Crippen LogP) is 4.26. The van der Waals surface area contributed by atoms with Crippen LogP contribution in [0.4, 0.5) is 11.4 Å². The van der Waals surface area contributed by atoms with Gasteiger partial charge in [0, 0.05) is 10.7 Å². The summed E-state index contributed by atoms with van der Waals surface area (Å²) in [7, 11) is -3.66. The molecule has 0 saturated heterocycles. The van der Waals surface area contributed by atoms with E-state index >= 15 is 0 Å². The van der Waals surface area contributed by atoms with Crippen LogP contribution in [0.2, 0.25) is 5.02 Å². The molecule has 0 bridgehead atoms. The number of nitrogens with one attached hydrogen (secondary N) is 1. The minimum absolute atomic E-state index is 0.384. The number of benzene rings is 2. The highest BCUT2D eigenvalue weighted by molar-refractivity contribution is 7.92. The van der Waals surface area contributed by atoms with Crippen LogP contribution in [0.5, 0.6) is 0 Å². The first kappa shape index (κ1) is 20.3. The standard InChI is InChI=1S/C19H23ClN2O3S/c1-13(2)15-5-9-17(10-6-15)21-19(23)14(3)22(26(4,24)25)18-11-7-16(20)8-12-18/h5-14H,1-4H3,(H,21,23)/t14-/m0/s1. The van der Waals surface area contributed by atoms with Gasteiger partial charge in [-0.15, -0.1) is 0 Å². The van der Waals surface area contributed by atoms with Crippen LogP contribution in [0.3, 0.4) is 0 Å². The summed E-state index contributed by atoms with van der Waals surface area (Å²) in [5.74, 6) is -0.0213. The molecule has 0 heterocycles.